The van der Waals surface area contributed by atoms with E-state index in [1.54, 1.807) is 31.4 Å². The van der Waals surface area contributed by atoms with Crippen molar-refractivity contribution < 1.29 is 14.3 Å². The van der Waals surface area contributed by atoms with Crippen molar-refractivity contribution in [3.8, 4) is 11.5 Å². The smallest absolute Gasteiger partial charge is 0.412 e. The zero-order chi connectivity index (χ0) is 16.4. The number of benzene rings is 1. The van der Waals surface area contributed by atoms with Gasteiger partial charge >= 0.3 is 6.09 Å². The van der Waals surface area contributed by atoms with Gasteiger partial charge < -0.3 is 14.8 Å². The van der Waals surface area contributed by atoms with E-state index in [0.29, 0.717) is 12.3 Å². The Labute approximate surface area is 132 Å². The van der Waals surface area contributed by atoms with Crippen molar-refractivity contribution in [2.24, 2.45) is 0 Å². The highest BCUT2D eigenvalue weighted by Crippen LogP contribution is 2.16. The minimum Gasteiger partial charge on any atom is -0.497 e. The molecule has 0 heterocycles. The van der Waals surface area contributed by atoms with Crippen molar-refractivity contribution in [2.45, 2.75) is 33.6 Å². The molecular weight excluding hydrogens is 278 g/mol. The Morgan fingerprint density at radius 1 is 1.09 bits per heavy atom. The summed E-state index contributed by atoms with van der Waals surface area (Å²) in [4.78, 5) is 11.6. The molecule has 0 aliphatic rings. The van der Waals surface area contributed by atoms with Crippen LogP contribution in [0.1, 0.15) is 33.6 Å². The van der Waals surface area contributed by atoms with E-state index in [4.69, 9.17) is 9.47 Å². The zero-order valence-electron chi connectivity index (χ0n) is 13.8. The maximum absolute atomic E-state index is 11.6. The summed E-state index contributed by atoms with van der Waals surface area (Å²) in [5.74, 6) is 1.21. The van der Waals surface area contributed by atoms with E-state index in [1.165, 1.54) is 11.1 Å². The second-order valence-corrected chi connectivity index (χ2v) is 5.32. The van der Waals surface area contributed by atoms with Crippen molar-refractivity contribution in [1.29, 1.82) is 0 Å². The summed E-state index contributed by atoms with van der Waals surface area (Å²) in [7, 11) is 1.59. The standard InChI is InChI=1S/C18H25NO3/c1-14(2)6-5-7-15(3)12-13-19-18(20)22-17-10-8-16(21-4)9-11-17/h6,8-12H,5,7,13H2,1-4H3,(H,19,20)/b15-12+. The molecule has 0 saturated carbocycles. The topological polar surface area (TPSA) is 47.6 Å². The van der Waals surface area contributed by atoms with Crippen LogP contribution in [0.5, 0.6) is 11.5 Å². The number of methoxy groups -OCH3 is 1. The molecule has 0 fully saturated rings. The molecule has 4 nitrogen and oxygen atoms in total. The second kappa shape index (κ2) is 9.66. The minimum absolute atomic E-state index is 0.460. The van der Waals surface area contributed by atoms with E-state index in [-0.39, 0.29) is 0 Å². The van der Waals surface area contributed by atoms with Gasteiger partial charge in [0.25, 0.3) is 0 Å². The van der Waals surface area contributed by atoms with Crippen molar-refractivity contribution in [3.63, 3.8) is 0 Å². The molecule has 120 valence electrons. The maximum atomic E-state index is 11.6. The van der Waals surface area contributed by atoms with E-state index >= 15 is 0 Å². The number of allylic oxidation sites excluding steroid dienone is 3. The molecule has 0 unspecified atom stereocenters. The first-order chi connectivity index (χ1) is 10.5. The highest BCUT2D eigenvalue weighted by atomic mass is 16.6. The first kappa shape index (κ1) is 17.8. The van der Waals surface area contributed by atoms with Crippen LogP contribution in [0.25, 0.3) is 0 Å². The van der Waals surface area contributed by atoms with Gasteiger partial charge in [-0.3, -0.25) is 0 Å². The Hall–Kier alpha value is -2.23. The summed E-state index contributed by atoms with van der Waals surface area (Å²) in [6, 6.07) is 6.88. The maximum Gasteiger partial charge on any atom is 0.412 e. The summed E-state index contributed by atoms with van der Waals surface area (Å²) >= 11 is 0. The van der Waals surface area contributed by atoms with Crippen LogP contribution in [0.4, 0.5) is 4.79 Å². The third-order valence-corrected chi connectivity index (χ3v) is 3.06. The largest absolute Gasteiger partial charge is 0.497 e. The van der Waals surface area contributed by atoms with Crippen LogP contribution in [0, 0.1) is 0 Å². The van der Waals surface area contributed by atoms with Crippen LogP contribution < -0.4 is 14.8 Å². The van der Waals surface area contributed by atoms with Gasteiger partial charge in [-0.25, -0.2) is 4.79 Å². The van der Waals surface area contributed by atoms with Crippen LogP contribution in [0.15, 0.2) is 47.6 Å². The van der Waals surface area contributed by atoms with E-state index in [2.05, 4.69) is 32.2 Å². The first-order valence-electron chi connectivity index (χ1n) is 7.40. The Morgan fingerprint density at radius 2 is 1.73 bits per heavy atom. The highest BCUT2D eigenvalue weighted by Gasteiger charge is 2.02. The lowest BCUT2D eigenvalue weighted by Gasteiger charge is -2.06. The second-order valence-electron chi connectivity index (χ2n) is 5.32. The van der Waals surface area contributed by atoms with Crippen LogP contribution in [-0.2, 0) is 0 Å². The molecule has 4 heteroatoms. The average Bonchev–Trinajstić information content (AvgIpc) is 2.47. The summed E-state index contributed by atoms with van der Waals surface area (Å²) in [6.07, 6.45) is 5.79. The summed E-state index contributed by atoms with van der Waals surface area (Å²) in [5.41, 5.74) is 2.58. The van der Waals surface area contributed by atoms with Gasteiger partial charge in [-0.05, 0) is 57.9 Å². The van der Waals surface area contributed by atoms with Crippen LogP contribution in [0.3, 0.4) is 0 Å². The molecule has 22 heavy (non-hydrogen) atoms. The van der Waals surface area contributed by atoms with E-state index in [0.717, 1.165) is 18.6 Å². The number of amides is 1. The van der Waals surface area contributed by atoms with Gasteiger partial charge in [-0.2, -0.15) is 0 Å². The summed E-state index contributed by atoms with van der Waals surface area (Å²) in [5, 5.41) is 2.71. The van der Waals surface area contributed by atoms with Gasteiger partial charge in [0.05, 0.1) is 7.11 Å². The molecule has 1 rings (SSSR count). The molecule has 0 atom stereocenters. The molecule has 1 aromatic rings. The third-order valence-electron chi connectivity index (χ3n) is 3.06. The van der Waals surface area contributed by atoms with E-state index < -0.39 is 6.09 Å². The molecule has 1 amide bonds. The number of nitrogens with one attached hydrogen (secondary N) is 1. The highest BCUT2D eigenvalue weighted by molar-refractivity contribution is 5.70. The zero-order valence-corrected chi connectivity index (χ0v) is 13.8. The molecule has 0 aromatic heterocycles. The Balaban J connectivity index is 2.31. The van der Waals surface area contributed by atoms with Gasteiger partial charge in [-0.1, -0.05) is 23.3 Å². The van der Waals surface area contributed by atoms with E-state index in [9.17, 15) is 4.79 Å². The lowest BCUT2D eigenvalue weighted by Crippen LogP contribution is -2.26. The quantitative estimate of drug-likeness (QED) is 0.756. The SMILES string of the molecule is COc1ccc(OC(=O)NC/C=C(\C)CCC=C(C)C)cc1. The lowest BCUT2D eigenvalue weighted by molar-refractivity contribution is 0.201. The molecular formula is C18H25NO3. The third kappa shape index (κ3) is 7.53. The van der Waals surface area contributed by atoms with Crippen molar-refractivity contribution in [3.05, 3.63) is 47.6 Å². The number of carbonyl (C=O) groups excluding carboxylic acids is 1. The van der Waals surface area contributed by atoms with Gasteiger partial charge in [0, 0.05) is 6.54 Å². The number of hydrogen-bond donors (Lipinski definition) is 1. The minimum atomic E-state index is -0.460. The van der Waals surface area contributed by atoms with Gasteiger partial charge in [-0.15, -0.1) is 0 Å². The van der Waals surface area contributed by atoms with Gasteiger partial charge in [0.15, 0.2) is 0 Å². The monoisotopic (exact) mass is 303 g/mol. The normalized spacial score (nSPS) is 10.8. The van der Waals surface area contributed by atoms with Crippen molar-refractivity contribution in [2.75, 3.05) is 13.7 Å². The number of carbonyl (C=O) groups is 1. The summed E-state index contributed by atoms with van der Waals surface area (Å²) < 4.78 is 10.2. The van der Waals surface area contributed by atoms with Crippen molar-refractivity contribution >= 4 is 6.09 Å². The fourth-order valence-corrected chi connectivity index (χ4v) is 1.79. The number of hydrogen-bond acceptors (Lipinski definition) is 3. The van der Waals surface area contributed by atoms with Crippen LogP contribution in [0.2, 0.25) is 0 Å². The fourth-order valence-electron chi connectivity index (χ4n) is 1.79. The van der Waals surface area contributed by atoms with Crippen LogP contribution >= 0.6 is 0 Å². The predicted molar refractivity (Wildman–Crippen MR) is 89.4 cm³/mol. The molecule has 0 saturated heterocycles. The Morgan fingerprint density at radius 3 is 2.32 bits per heavy atom. The van der Waals surface area contributed by atoms with Crippen molar-refractivity contribution in [1.82, 2.24) is 5.32 Å². The number of rotatable bonds is 7. The number of ether oxygens (including phenoxy) is 2. The molecule has 0 bridgehead atoms. The van der Waals surface area contributed by atoms with Gasteiger partial charge in [0.2, 0.25) is 0 Å². The van der Waals surface area contributed by atoms with E-state index in [1.807, 2.05) is 6.08 Å². The fraction of sp³-hybridized carbons (Fsp3) is 0.389. The molecule has 0 radical (unpaired) electrons. The predicted octanol–water partition coefficient (Wildman–Crippen LogP) is 4.48. The van der Waals surface area contributed by atoms with Gasteiger partial charge in [0.1, 0.15) is 11.5 Å². The lowest BCUT2D eigenvalue weighted by atomic mass is 10.1. The molecule has 0 spiro atoms. The molecule has 0 aliphatic heterocycles. The Kier molecular flexibility index (Phi) is 7.83. The molecule has 0 aliphatic carbocycles. The Bertz CT molecular complexity index is 526. The molecule has 1 aromatic carbocycles. The average molecular weight is 303 g/mol. The van der Waals surface area contributed by atoms with Crippen LogP contribution in [-0.4, -0.2) is 19.7 Å². The summed E-state index contributed by atoms with van der Waals surface area (Å²) in [6.45, 7) is 6.72. The molecule has 1 N–H and O–H groups in total. The first-order valence-corrected chi connectivity index (χ1v) is 7.40.